The smallest absolute Gasteiger partial charge is 0.0854 e. The minimum atomic E-state index is 0.934. The Balaban J connectivity index is 0.000000371. The van der Waals surface area contributed by atoms with E-state index in [1.54, 1.807) is 0 Å². The van der Waals surface area contributed by atoms with Crippen molar-refractivity contribution in [2.75, 3.05) is 19.6 Å². The molecule has 1 rings (SSSR count). The van der Waals surface area contributed by atoms with Gasteiger partial charge in [-0.25, -0.2) is 0 Å². The van der Waals surface area contributed by atoms with E-state index >= 15 is 0 Å². The van der Waals surface area contributed by atoms with Gasteiger partial charge in [-0.2, -0.15) is 0 Å². The zero-order valence-electron chi connectivity index (χ0n) is 5.77. The molecule has 0 saturated carbocycles. The van der Waals surface area contributed by atoms with Crippen LogP contribution in [0, 0.1) is 10.8 Å². The number of hydrogen-bond acceptors (Lipinski definition) is 4. The van der Waals surface area contributed by atoms with Crippen molar-refractivity contribution >= 4 is 6.34 Å². The lowest BCUT2D eigenvalue weighted by Crippen LogP contribution is -2.18. The van der Waals surface area contributed by atoms with Crippen LogP contribution in [0.25, 0.3) is 0 Å². The van der Waals surface area contributed by atoms with Gasteiger partial charge < -0.3 is 4.90 Å². The van der Waals surface area contributed by atoms with Gasteiger partial charge in [0.2, 0.25) is 0 Å². The van der Waals surface area contributed by atoms with Crippen molar-refractivity contribution in [3.05, 3.63) is 12.7 Å². The van der Waals surface area contributed by atoms with E-state index in [0.29, 0.717) is 0 Å². The summed E-state index contributed by atoms with van der Waals surface area (Å²) in [5.74, 6) is 0. The van der Waals surface area contributed by atoms with Gasteiger partial charge in [0.1, 0.15) is 0 Å². The van der Waals surface area contributed by atoms with Crippen molar-refractivity contribution in [1.82, 2.24) is 4.90 Å². The fourth-order valence-electron chi connectivity index (χ4n) is 0.721. The van der Waals surface area contributed by atoms with Gasteiger partial charge >= 0.3 is 0 Å². The summed E-state index contributed by atoms with van der Waals surface area (Å²) in [6, 6.07) is 0. The highest BCUT2D eigenvalue weighted by molar-refractivity contribution is 5.57. The minimum absolute atomic E-state index is 0.934. The van der Waals surface area contributed by atoms with Crippen molar-refractivity contribution in [2.45, 2.75) is 0 Å². The molecule has 0 saturated heterocycles. The Bertz CT molecular complexity index is 138. The zero-order chi connectivity index (χ0) is 7.82. The molecule has 0 atom stereocenters. The van der Waals surface area contributed by atoms with Crippen molar-refractivity contribution < 1.29 is 0 Å². The Labute approximate surface area is 60.3 Å². The molecule has 1 aliphatic rings. The first-order valence-corrected chi connectivity index (χ1v) is 2.98. The van der Waals surface area contributed by atoms with E-state index < -0.39 is 0 Å². The Morgan fingerprint density at radius 2 is 2.40 bits per heavy atom. The fourth-order valence-corrected chi connectivity index (χ4v) is 0.721. The summed E-state index contributed by atoms with van der Waals surface area (Å²) < 4.78 is 0. The first kappa shape index (κ1) is 8.63. The molecule has 54 valence electrons. The van der Waals surface area contributed by atoms with Gasteiger partial charge in [-0.15, -0.1) is 6.58 Å². The van der Waals surface area contributed by atoms with E-state index in [4.69, 9.17) is 10.8 Å². The Morgan fingerprint density at radius 3 is 2.80 bits per heavy atom. The molecular weight excluding hydrogens is 128 g/mol. The number of aliphatic imine (C=N–C) groups is 1. The van der Waals surface area contributed by atoms with Crippen molar-refractivity contribution in [1.29, 1.82) is 10.8 Å². The second kappa shape index (κ2) is 5.76. The van der Waals surface area contributed by atoms with Crippen molar-refractivity contribution in [3.8, 4) is 0 Å². The lowest BCUT2D eigenvalue weighted by atomic mass is 10.5. The van der Waals surface area contributed by atoms with E-state index in [-0.39, 0.29) is 0 Å². The third kappa shape index (κ3) is 2.82. The van der Waals surface area contributed by atoms with Crippen LogP contribution in [0.15, 0.2) is 17.6 Å². The van der Waals surface area contributed by atoms with Crippen LogP contribution in [0.1, 0.15) is 0 Å². The highest BCUT2D eigenvalue weighted by Crippen LogP contribution is 1.90. The highest BCUT2D eigenvalue weighted by Gasteiger charge is 1.99. The molecule has 0 fully saturated rings. The van der Waals surface area contributed by atoms with Crippen LogP contribution >= 0.6 is 0 Å². The summed E-state index contributed by atoms with van der Waals surface area (Å²) in [6.45, 7) is 6.57. The lowest BCUT2D eigenvalue weighted by Gasteiger charge is -2.08. The molecule has 4 nitrogen and oxygen atoms in total. The fraction of sp³-hybridized carbons (Fsp3) is 0.500. The van der Waals surface area contributed by atoms with E-state index in [2.05, 4.69) is 16.5 Å². The summed E-state index contributed by atoms with van der Waals surface area (Å²) >= 11 is 0. The molecule has 4 heteroatoms. The first-order chi connectivity index (χ1) is 4.93. The van der Waals surface area contributed by atoms with Crippen LogP contribution in [0.2, 0.25) is 0 Å². The molecule has 0 N–H and O–H groups in total. The van der Waals surface area contributed by atoms with Gasteiger partial charge in [0.15, 0.2) is 0 Å². The molecule has 0 aliphatic carbocycles. The van der Waals surface area contributed by atoms with Crippen LogP contribution < -0.4 is 0 Å². The predicted molar refractivity (Wildman–Crippen MR) is 38.6 cm³/mol. The maximum Gasteiger partial charge on any atom is 0.0854 e. The molecule has 1 aliphatic heterocycles. The maximum atomic E-state index is 6.00. The molecule has 0 aromatic carbocycles. The van der Waals surface area contributed by atoms with E-state index in [0.717, 1.165) is 19.6 Å². The van der Waals surface area contributed by atoms with Gasteiger partial charge in [-0.1, -0.05) is 6.08 Å². The molecule has 0 aromatic heterocycles. The minimum Gasteiger partial charge on any atom is -0.357 e. The Kier molecular flexibility index (Phi) is 4.97. The van der Waals surface area contributed by atoms with Crippen LogP contribution in [0.3, 0.4) is 0 Å². The van der Waals surface area contributed by atoms with Gasteiger partial charge in [0.25, 0.3) is 0 Å². The largest absolute Gasteiger partial charge is 0.357 e. The van der Waals surface area contributed by atoms with Crippen molar-refractivity contribution in [3.63, 3.8) is 0 Å². The second-order valence-electron chi connectivity index (χ2n) is 1.81. The summed E-state index contributed by atoms with van der Waals surface area (Å²) in [5.41, 5.74) is 0. The summed E-state index contributed by atoms with van der Waals surface area (Å²) in [7, 11) is 0. The van der Waals surface area contributed by atoms with Crippen LogP contribution in [0.5, 0.6) is 0 Å². The molecule has 1 heterocycles. The van der Waals surface area contributed by atoms with Crippen molar-refractivity contribution in [2.24, 2.45) is 4.99 Å². The van der Waals surface area contributed by atoms with Gasteiger partial charge in [-0.3, -0.25) is 4.99 Å². The topological polar surface area (TPSA) is 63.2 Å². The first-order valence-electron chi connectivity index (χ1n) is 2.98. The Hall–Kier alpha value is -1.37. The molecule has 0 aromatic rings. The normalized spacial score (nSPS) is 14.0. The molecule has 0 radical (unpaired) electrons. The third-order valence-corrected chi connectivity index (χ3v) is 1.12. The predicted octanol–water partition coefficient (Wildman–Crippen LogP) is 0.546. The standard InChI is InChI=1S/C6H10N2.N2/c1-2-4-8-5-3-7-6-8;1-2/h2,6H,1,3-5H2;. The van der Waals surface area contributed by atoms with Gasteiger partial charge in [0, 0.05) is 23.9 Å². The van der Waals surface area contributed by atoms with Gasteiger partial charge in [-0.05, 0) is 0 Å². The second-order valence-corrected chi connectivity index (χ2v) is 1.81. The third-order valence-electron chi connectivity index (χ3n) is 1.12. The molecule has 10 heavy (non-hydrogen) atoms. The number of hydrogen-bond donors (Lipinski definition) is 0. The SMILES string of the molecule is C=CCN1C=NCC1.N#N. The van der Waals surface area contributed by atoms with E-state index in [1.807, 2.05) is 12.4 Å². The van der Waals surface area contributed by atoms with E-state index in [1.165, 1.54) is 0 Å². The highest BCUT2D eigenvalue weighted by atomic mass is 15.2. The van der Waals surface area contributed by atoms with Crippen LogP contribution in [-0.2, 0) is 0 Å². The summed E-state index contributed by atoms with van der Waals surface area (Å²) in [6.07, 6.45) is 3.76. The monoisotopic (exact) mass is 138 g/mol. The van der Waals surface area contributed by atoms with Gasteiger partial charge in [0.05, 0.1) is 12.9 Å². The average molecular weight is 138 g/mol. The molecule has 0 unspecified atom stereocenters. The lowest BCUT2D eigenvalue weighted by molar-refractivity contribution is 0.519. The zero-order valence-corrected chi connectivity index (χ0v) is 5.77. The maximum absolute atomic E-state index is 6.00. The van der Waals surface area contributed by atoms with Crippen LogP contribution in [-0.4, -0.2) is 30.9 Å². The molecule has 0 amide bonds. The molecule has 0 bridgehead atoms. The summed E-state index contributed by atoms with van der Waals surface area (Å²) in [5, 5.41) is 12.0. The number of nitrogens with zero attached hydrogens (tertiary/aromatic N) is 4. The molecule has 0 spiro atoms. The van der Waals surface area contributed by atoms with E-state index in [9.17, 15) is 0 Å². The van der Waals surface area contributed by atoms with Crippen LogP contribution in [0.4, 0.5) is 0 Å². The summed E-state index contributed by atoms with van der Waals surface area (Å²) in [4.78, 5) is 6.17. The average Bonchev–Trinajstić information content (AvgIpc) is 2.46. The quantitative estimate of drug-likeness (QED) is 0.413. The molecular formula is C6H10N4. The number of rotatable bonds is 2. The Morgan fingerprint density at radius 1 is 1.70 bits per heavy atom.